The van der Waals surface area contributed by atoms with Crippen molar-refractivity contribution < 1.29 is 19.0 Å². The summed E-state index contributed by atoms with van der Waals surface area (Å²) in [6, 6.07) is 12.2. The number of hydrogen-bond acceptors (Lipinski definition) is 5. The minimum Gasteiger partial charge on any atom is -0.496 e. The fourth-order valence-corrected chi connectivity index (χ4v) is 6.18. The van der Waals surface area contributed by atoms with E-state index in [2.05, 4.69) is 21.9 Å². The maximum Gasteiger partial charge on any atom is 0.419 e. The van der Waals surface area contributed by atoms with Crippen LogP contribution in [0.15, 0.2) is 42.6 Å². The Labute approximate surface area is 225 Å². The molecule has 0 saturated carbocycles. The SMILES string of the molecule is [C-]#[N+]c1ccc(C2CC3(CCCOC3)CN2Cc2c(OC)cc(C)c3c2ccn3C(=O)OC(C)(C)C)cc1. The molecule has 2 aromatic carbocycles. The largest absolute Gasteiger partial charge is 0.496 e. The highest BCUT2D eigenvalue weighted by Crippen LogP contribution is 2.49. The summed E-state index contributed by atoms with van der Waals surface area (Å²) in [5, 5.41) is 0.996. The molecule has 5 rings (SSSR count). The van der Waals surface area contributed by atoms with Gasteiger partial charge in [0.2, 0.25) is 0 Å². The standard InChI is InChI=1S/C31H37N3O4/c1-21-16-27(36-6)25(24-12-14-34(28(21)24)29(35)38-30(2,3)4)18-33-19-31(13-7-15-37-20-31)17-26(33)22-8-10-23(32-5)11-9-22/h8-12,14,16,26H,7,13,15,17-20H2,1-4,6H3. The Bertz CT molecular complexity index is 1370. The van der Waals surface area contributed by atoms with Crippen molar-refractivity contribution in [3.8, 4) is 5.75 Å². The van der Waals surface area contributed by atoms with Gasteiger partial charge in [0.05, 0.1) is 25.8 Å². The summed E-state index contributed by atoms with van der Waals surface area (Å²) >= 11 is 0. The molecule has 0 N–H and O–H groups in total. The molecule has 3 aromatic rings. The number of nitrogens with zero attached hydrogens (tertiary/aromatic N) is 3. The van der Waals surface area contributed by atoms with E-state index in [0.717, 1.165) is 66.8 Å². The third kappa shape index (κ3) is 5.03. The summed E-state index contributed by atoms with van der Waals surface area (Å²) in [5.41, 5.74) is 4.27. The zero-order valence-electron chi connectivity index (χ0n) is 23.0. The summed E-state index contributed by atoms with van der Waals surface area (Å²) in [4.78, 5) is 19.2. The van der Waals surface area contributed by atoms with E-state index in [-0.39, 0.29) is 17.6 Å². The molecule has 0 aliphatic carbocycles. The number of benzene rings is 2. The lowest BCUT2D eigenvalue weighted by Gasteiger charge is -2.33. The molecule has 3 heterocycles. The van der Waals surface area contributed by atoms with Crippen molar-refractivity contribution >= 4 is 22.7 Å². The van der Waals surface area contributed by atoms with Crippen molar-refractivity contribution in [1.82, 2.24) is 9.47 Å². The maximum absolute atomic E-state index is 13.1. The Balaban J connectivity index is 1.55. The Hall–Kier alpha value is -3.34. The van der Waals surface area contributed by atoms with Crippen molar-refractivity contribution in [2.45, 2.75) is 65.1 Å². The van der Waals surface area contributed by atoms with E-state index in [1.165, 1.54) is 5.56 Å². The van der Waals surface area contributed by atoms with Crippen LogP contribution in [-0.2, 0) is 16.0 Å². The quantitative estimate of drug-likeness (QED) is 0.349. The van der Waals surface area contributed by atoms with Crippen molar-refractivity contribution in [3.63, 3.8) is 0 Å². The highest BCUT2D eigenvalue weighted by Gasteiger charge is 2.45. The van der Waals surface area contributed by atoms with Gasteiger partial charge in [0.1, 0.15) is 11.4 Å². The number of hydrogen-bond donors (Lipinski definition) is 0. The second-order valence-corrected chi connectivity index (χ2v) is 11.8. The lowest BCUT2D eigenvalue weighted by atomic mass is 9.79. The third-order valence-corrected chi connectivity index (χ3v) is 7.82. The van der Waals surface area contributed by atoms with Crippen LogP contribution in [0.3, 0.4) is 0 Å². The van der Waals surface area contributed by atoms with Gasteiger partial charge in [-0.2, -0.15) is 0 Å². The molecule has 1 spiro atoms. The summed E-state index contributed by atoms with van der Waals surface area (Å²) < 4.78 is 19.2. The summed E-state index contributed by atoms with van der Waals surface area (Å²) in [6.45, 7) is 18.2. The molecular weight excluding hydrogens is 478 g/mol. The fourth-order valence-electron chi connectivity index (χ4n) is 6.18. The molecule has 0 bridgehead atoms. The lowest BCUT2D eigenvalue weighted by molar-refractivity contribution is -0.00260. The van der Waals surface area contributed by atoms with Crippen LogP contribution in [0.2, 0.25) is 0 Å². The molecule has 2 atom stereocenters. The van der Waals surface area contributed by atoms with Gasteiger partial charge in [0, 0.05) is 48.3 Å². The van der Waals surface area contributed by atoms with Gasteiger partial charge >= 0.3 is 6.09 Å². The Morgan fingerprint density at radius 2 is 2.00 bits per heavy atom. The number of aromatic nitrogens is 1. The number of methoxy groups -OCH3 is 1. The smallest absolute Gasteiger partial charge is 0.419 e. The highest BCUT2D eigenvalue weighted by atomic mass is 16.6. The minimum absolute atomic E-state index is 0.112. The molecule has 0 amide bonds. The molecule has 200 valence electrons. The monoisotopic (exact) mass is 515 g/mol. The van der Waals surface area contributed by atoms with Gasteiger partial charge in [-0.1, -0.05) is 24.3 Å². The van der Waals surface area contributed by atoms with E-state index in [1.807, 2.05) is 52.0 Å². The second-order valence-electron chi connectivity index (χ2n) is 11.8. The topological polar surface area (TPSA) is 57.3 Å². The number of rotatable bonds is 4. The van der Waals surface area contributed by atoms with Crippen LogP contribution in [0.1, 0.15) is 62.8 Å². The first-order valence-corrected chi connectivity index (χ1v) is 13.3. The number of aryl methyl sites for hydroxylation is 1. The van der Waals surface area contributed by atoms with Gasteiger partial charge in [0.25, 0.3) is 0 Å². The van der Waals surface area contributed by atoms with Crippen molar-refractivity contribution in [1.29, 1.82) is 0 Å². The number of ether oxygens (including phenoxy) is 3. The molecule has 2 aliphatic heterocycles. The van der Waals surface area contributed by atoms with Gasteiger partial charge in [-0.15, -0.1) is 0 Å². The third-order valence-electron chi connectivity index (χ3n) is 7.82. The van der Waals surface area contributed by atoms with Gasteiger partial charge in [-0.25, -0.2) is 9.64 Å². The van der Waals surface area contributed by atoms with Crippen LogP contribution in [0.25, 0.3) is 15.7 Å². The minimum atomic E-state index is -0.584. The van der Waals surface area contributed by atoms with Crippen LogP contribution in [0.5, 0.6) is 5.75 Å². The van der Waals surface area contributed by atoms with Crippen LogP contribution in [0, 0.1) is 18.9 Å². The zero-order chi connectivity index (χ0) is 27.1. The van der Waals surface area contributed by atoms with Crippen LogP contribution in [0.4, 0.5) is 10.5 Å². The van der Waals surface area contributed by atoms with Crippen LogP contribution >= 0.6 is 0 Å². The molecule has 2 unspecified atom stereocenters. The molecule has 2 aliphatic rings. The van der Waals surface area contributed by atoms with E-state index in [0.29, 0.717) is 12.2 Å². The second kappa shape index (κ2) is 10.1. The molecule has 7 nitrogen and oxygen atoms in total. The van der Waals surface area contributed by atoms with Crippen molar-refractivity contribution in [2.24, 2.45) is 5.41 Å². The van der Waals surface area contributed by atoms with Gasteiger partial charge in [-0.3, -0.25) is 9.47 Å². The summed E-state index contributed by atoms with van der Waals surface area (Å²) in [7, 11) is 1.70. The highest BCUT2D eigenvalue weighted by molar-refractivity contribution is 5.95. The number of likely N-dealkylation sites (tertiary alicyclic amines) is 1. The predicted molar refractivity (Wildman–Crippen MR) is 148 cm³/mol. The van der Waals surface area contributed by atoms with E-state index in [4.69, 9.17) is 20.8 Å². The van der Waals surface area contributed by atoms with E-state index < -0.39 is 5.60 Å². The molecule has 2 saturated heterocycles. The van der Waals surface area contributed by atoms with Crippen molar-refractivity contribution in [3.05, 3.63) is 70.7 Å². The van der Waals surface area contributed by atoms with Crippen LogP contribution < -0.4 is 4.74 Å². The summed E-state index contributed by atoms with van der Waals surface area (Å²) in [5.74, 6) is 0.819. The number of fused-ring (bicyclic) bond motifs is 1. The lowest BCUT2D eigenvalue weighted by Crippen LogP contribution is -2.35. The molecule has 38 heavy (non-hydrogen) atoms. The van der Waals surface area contributed by atoms with E-state index >= 15 is 0 Å². The van der Waals surface area contributed by atoms with E-state index in [9.17, 15) is 4.79 Å². The Morgan fingerprint density at radius 1 is 1.24 bits per heavy atom. The van der Waals surface area contributed by atoms with Gasteiger partial charge < -0.3 is 14.2 Å². The average Bonchev–Trinajstić information content (AvgIpc) is 3.48. The zero-order valence-corrected chi connectivity index (χ0v) is 23.0. The molecule has 2 fully saturated rings. The molecule has 1 aromatic heterocycles. The Morgan fingerprint density at radius 3 is 2.63 bits per heavy atom. The van der Waals surface area contributed by atoms with Crippen molar-refractivity contribution in [2.75, 3.05) is 26.9 Å². The van der Waals surface area contributed by atoms with Crippen LogP contribution in [-0.4, -0.2) is 48.0 Å². The first-order valence-electron chi connectivity index (χ1n) is 13.3. The fraction of sp³-hybridized carbons (Fsp3) is 0.484. The average molecular weight is 516 g/mol. The Kier molecular flexibility index (Phi) is 6.97. The maximum atomic E-state index is 13.1. The molecular formula is C31H37N3O4. The van der Waals surface area contributed by atoms with Gasteiger partial charge in [-0.05, 0) is 70.2 Å². The molecule has 7 heteroatoms. The van der Waals surface area contributed by atoms with Gasteiger partial charge in [0.15, 0.2) is 5.69 Å². The number of carbonyl (C=O) groups excluding carboxylic acids is 1. The normalized spacial score (nSPS) is 22.1. The first-order chi connectivity index (χ1) is 18.1. The first kappa shape index (κ1) is 26.3. The predicted octanol–water partition coefficient (Wildman–Crippen LogP) is 7.04. The van der Waals surface area contributed by atoms with E-state index in [1.54, 1.807) is 17.9 Å². The number of carbonyl (C=O) groups is 1. The summed E-state index contributed by atoms with van der Waals surface area (Å²) in [6.07, 6.45) is 4.66. The molecule has 0 radical (unpaired) electrons.